The molecule has 0 fully saturated rings. The van der Waals surface area contributed by atoms with Crippen LogP contribution in [0.5, 0.6) is 0 Å². The van der Waals surface area contributed by atoms with E-state index in [9.17, 15) is 4.79 Å². The predicted octanol–water partition coefficient (Wildman–Crippen LogP) is 3.92. The monoisotopic (exact) mass is 333 g/mol. The van der Waals surface area contributed by atoms with Gasteiger partial charge in [0.2, 0.25) is 5.91 Å². The number of amides is 1. The zero-order chi connectivity index (χ0) is 14.6. The fourth-order valence-corrected chi connectivity index (χ4v) is 2.27. The number of hydrogen-bond acceptors (Lipinski definition) is 1. The molecule has 1 amide bonds. The van der Waals surface area contributed by atoms with Gasteiger partial charge >= 0.3 is 0 Å². The zero-order valence-electron chi connectivity index (χ0n) is 11.9. The molecule has 0 saturated carbocycles. The number of carbonyl (C=O) groups is 1. The maximum atomic E-state index is 12.1. The van der Waals surface area contributed by atoms with Crippen molar-refractivity contribution in [3.05, 3.63) is 48.0 Å². The first kappa shape index (κ1) is 15.0. The summed E-state index contributed by atoms with van der Waals surface area (Å²) >= 11 is 3.47. The summed E-state index contributed by atoms with van der Waals surface area (Å²) in [5.74, 6) is 0.0791. The molecule has 0 aliphatic rings. The Bertz CT molecular complexity index is 601. The van der Waals surface area contributed by atoms with Crippen molar-refractivity contribution >= 4 is 32.6 Å². The Labute approximate surface area is 128 Å². The van der Waals surface area contributed by atoms with Gasteiger partial charge in [0.15, 0.2) is 0 Å². The lowest BCUT2D eigenvalue weighted by Gasteiger charge is -2.22. The maximum absolute atomic E-state index is 12.1. The Morgan fingerprint density at radius 3 is 2.60 bits per heavy atom. The second-order valence-corrected chi connectivity index (χ2v) is 6.45. The van der Waals surface area contributed by atoms with E-state index in [1.165, 1.54) is 5.39 Å². The van der Waals surface area contributed by atoms with Gasteiger partial charge < -0.3 is 5.32 Å². The standard InChI is InChI=1S/C17H20BrNO/c1-17(2,11-18)12-19-16(20)10-14-8-5-7-13-6-3-4-9-15(13)14/h3-9H,10-12H2,1-2H3,(H,19,20). The van der Waals surface area contributed by atoms with Gasteiger partial charge in [0.25, 0.3) is 0 Å². The van der Waals surface area contributed by atoms with Crippen molar-refractivity contribution in [2.24, 2.45) is 5.41 Å². The largest absolute Gasteiger partial charge is 0.355 e. The lowest BCUT2D eigenvalue weighted by Crippen LogP contribution is -2.35. The smallest absolute Gasteiger partial charge is 0.224 e. The van der Waals surface area contributed by atoms with Gasteiger partial charge in [-0.05, 0) is 21.8 Å². The van der Waals surface area contributed by atoms with E-state index < -0.39 is 0 Å². The molecule has 106 valence electrons. The van der Waals surface area contributed by atoms with E-state index in [0.717, 1.165) is 16.3 Å². The molecule has 0 radical (unpaired) electrons. The van der Waals surface area contributed by atoms with Crippen molar-refractivity contribution in [1.82, 2.24) is 5.32 Å². The fourth-order valence-electron chi connectivity index (χ4n) is 2.07. The Balaban J connectivity index is 2.07. The van der Waals surface area contributed by atoms with E-state index in [1.807, 2.05) is 24.3 Å². The van der Waals surface area contributed by atoms with Crippen LogP contribution in [-0.2, 0) is 11.2 Å². The van der Waals surface area contributed by atoms with E-state index >= 15 is 0 Å². The van der Waals surface area contributed by atoms with Crippen LogP contribution in [-0.4, -0.2) is 17.8 Å². The first-order chi connectivity index (χ1) is 9.52. The molecule has 3 heteroatoms. The van der Waals surface area contributed by atoms with Crippen molar-refractivity contribution in [1.29, 1.82) is 0 Å². The number of rotatable bonds is 5. The molecule has 2 aromatic carbocycles. The first-order valence-electron chi connectivity index (χ1n) is 6.81. The van der Waals surface area contributed by atoms with Gasteiger partial charge in [-0.3, -0.25) is 4.79 Å². The average Bonchev–Trinajstić information content (AvgIpc) is 2.46. The highest BCUT2D eigenvalue weighted by Gasteiger charge is 2.17. The molecule has 0 bridgehead atoms. The number of hydrogen-bond donors (Lipinski definition) is 1. The van der Waals surface area contributed by atoms with Crippen molar-refractivity contribution in [2.45, 2.75) is 20.3 Å². The van der Waals surface area contributed by atoms with Gasteiger partial charge in [-0.25, -0.2) is 0 Å². The van der Waals surface area contributed by atoms with Crippen LogP contribution in [0.1, 0.15) is 19.4 Å². The van der Waals surface area contributed by atoms with Gasteiger partial charge in [0.05, 0.1) is 6.42 Å². The number of halogens is 1. The van der Waals surface area contributed by atoms with Crippen molar-refractivity contribution in [2.75, 3.05) is 11.9 Å². The lowest BCUT2D eigenvalue weighted by molar-refractivity contribution is -0.120. The third-order valence-corrected chi connectivity index (χ3v) is 4.87. The van der Waals surface area contributed by atoms with E-state index in [1.54, 1.807) is 0 Å². The molecule has 1 N–H and O–H groups in total. The molecular formula is C17H20BrNO. The lowest BCUT2D eigenvalue weighted by atomic mass is 9.96. The summed E-state index contributed by atoms with van der Waals surface area (Å²) in [5.41, 5.74) is 1.16. The topological polar surface area (TPSA) is 29.1 Å². The van der Waals surface area contributed by atoms with Crippen molar-refractivity contribution in [3.63, 3.8) is 0 Å². The van der Waals surface area contributed by atoms with Gasteiger partial charge in [-0.2, -0.15) is 0 Å². The highest BCUT2D eigenvalue weighted by atomic mass is 79.9. The summed E-state index contributed by atoms with van der Waals surface area (Å²) in [5, 5.41) is 6.22. The molecule has 0 aromatic heterocycles. The van der Waals surface area contributed by atoms with E-state index in [-0.39, 0.29) is 11.3 Å². The van der Waals surface area contributed by atoms with Crippen LogP contribution >= 0.6 is 15.9 Å². The predicted molar refractivity (Wildman–Crippen MR) is 88.2 cm³/mol. The molecule has 0 saturated heterocycles. The third-order valence-electron chi connectivity index (χ3n) is 3.36. The van der Waals surface area contributed by atoms with Crippen LogP contribution in [0, 0.1) is 5.41 Å². The second kappa shape index (κ2) is 6.40. The normalized spacial score (nSPS) is 11.6. The summed E-state index contributed by atoms with van der Waals surface area (Å²) < 4.78 is 0. The third kappa shape index (κ3) is 3.83. The molecule has 2 nitrogen and oxygen atoms in total. The Morgan fingerprint density at radius 2 is 1.85 bits per heavy atom. The fraction of sp³-hybridized carbons (Fsp3) is 0.353. The minimum absolute atomic E-state index is 0.0778. The summed E-state index contributed by atoms with van der Waals surface area (Å²) in [6.07, 6.45) is 0.430. The van der Waals surface area contributed by atoms with Crippen LogP contribution in [0.25, 0.3) is 10.8 Å². The maximum Gasteiger partial charge on any atom is 0.224 e. The van der Waals surface area contributed by atoms with Crippen molar-refractivity contribution < 1.29 is 4.79 Å². The highest BCUT2D eigenvalue weighted by molar-refractivity contribution is 9.09. The van der Waals surface area contributed by atoms with Crippen LogP contribution in [0.4, 0.5) is 0 Å². The zero-order valence-corrected chi connectivity index (χ0v) is 13.5. The molecule has 2 rings (SSSR count). The molecular weight excluding hydrogens is 314 g/mol. The molecule has 0 spiro atoms. The van der Waals surface area contributed by atoms with Crippen LogP contribution in [0.15, 0.2) is 42.5 Å². The second-order valence-electron chi connectivity index (χ2n) is 5.89. The number of carbonyl (C=O) groups excluding carboxylic acids is 1. The van der Waals surface area contributed by atoms with Gasteiger partial charge in [0, 0.05) is 11.9 Å². The number of benzene rings is 2. The van der Waals surface area contributed by atoms with Crippen molar-refractivity contribution in [3.8, 4) is 0 Å². The molecule has 0 aliphatic heterocycles. The molecule has 0 atom stereocenters. The van der Waals surface area contributed by atoms with Gasteiger partial charge in [-0.15, -0.1) is 0 Å². The average molecular weight is 334 g/mol. The van der Waals surface area contributed by atoms with E-state index in [0.29, 0.717) is 13.0 Å². The summed E-state index contributed by atoms with van der Waals surface area (Å²) in [6.45, 7) is 4.93. The minimum atomic E-state index is 0.0778. The van der Waals surface area contributed by atoms with Crippen LogP contribution in [0.3, 0.4) is 0 Å². The number of alkyl halides is 1. The Hall–Kier alpha value is -1.35. The van der Waals surface area contributed by atoms with E-state index in [4.69, 9.17) is 0 Å². The molecule has 2 aromatic rings. The van der Waals surface area contributed by atoms with Crippen LogP contribution in [0.2, 0.25) is 0 Å². The van der Waals surface area contributed by atoms with Gasteiger partial charge in [-0.1, -0.05) is 72.2 Å². The summed E-state index contributed by atoms with van der Waals surface area (Å²) in [4.78, 5) is 12.1. The first-order valence-corrected chi connectivity index (χ1v) is 7.93. The SMILES string of the molecule is CC(C)(CBr)CNC(=O)Cc1cccc2ccccc12. The quantitative estimate of drug-likeness (QED) is 0.825. The molecule has 20 heavy (non-hydrogen) atoms. The Morgan fingerprint density at radius 1 is 1.15 bits per heavy atom. The van der Waals surface area contributed by atoms with E-state index in [2.05, 4.69) is 53.3 Å². The summed E-state index contributed by atoms with van der Waals surface area (Å²) in [7, 11) is 0. The van der Waals surface area contributed by atoms with Crippen LogP contribution < -0.4 is 5.32 Å². The molecule has 0 aliphatic carbocycles. The van der Waals surface area contributed by atoms with Gasteiger partial charge in [0.1, 0.15) is 0 Å². The molecule has 0 heterocycles. The Kier molecular flexibility index (Phi) is 4.81. The number of fused-ring (bicyclic) bond motifs is 1. The summed E-state index contributed by atoms with van der Waals surface area (Å²) in [6, 6.07) is 14.3. The highest BCUT2D eigenvalue weighted by Crippen LogP contribution is 2.19. The molecule has 0 unspecified atom stereocenters. The number of nitrogens with one attached hydrogen (secondary N) is 1. The minimum Gasteiger partial charge on any atom is -0.355 e.